The summed E-state index contributed by atoms with van der Waals surface area (Å²) in [6.45, 7) is 26.7. The first-order valence-electron chi connectivity index (χ1n) is 14.1. The number of rotatable bonds is 13. The highest BCUT2D eigenvalue weighted by Crippen LogP contribution is 2.51. The third kappa shape index (κ3) is 8.29. The Kier molecular flexibility index (Phi) is 11.7. The molecular formula is C33H54NO2P. The monoisotopic (exact) mass is 527 g/mol. The summed E-state index contributed by atoms with van der Waals surface area (Å²) >= 11 is 0. The van der Waals surface area contributed by atoms with Gasteiger partial charge in [-0.15, -0.1) is 0 Å². The SMILES string of the molecule is CCCCC(C)(Pc1c(C)cccc1CN(C(C)C)C(C)C)c1cc(C(C)(C)C)cc(C)c1OCOC. The van der Waals surface area contributed by atoms with Gasteiger partial charge in [0.05, 0.1) is 0 Å². The van der Waals surface area contributed by atoms with E-state index in [2.05, 4.69) is 111 Å². The molecule has 0 saturated heterocycles. The molecule has 2 rings (SSSR count). The average Bonchev–Trinajstić information content (AvgIpc) is 2.80. The first kappa shape index (κ1) is 31.8. The van der Waals surface area contributed by atoms with Gasteiger partial charge in [0, 0.05) is 36.5 Å². The Balaban J connectivity index is 2.72. The van der Waals surface area contributed by atoms with Crippen LogP contribution >= 0.6 is 8.58 Å². The van der Waals surface area contributed by atoms with E-state index in [0.29, 0.717) is 20.7 Å². The van der Waals surface area contributed by atoms with E-state index in [-0.39, 0.29) is 17.4 Å². The average molecular weight is 528 g/mol. The lowest BCUT2D eigenvalue weighted by Gasteiger charge is -2.36. The molecule has 0 radical (unpaired) electrons. The van der Waals surface area contributed by atoms with Crippen molar-refractivity contribution >= 4 is 13.9 Å². The van der Waals surface area contributed by atoms with Crippen molar-refractivity contribution in [1.29, 1.82) is 0 Å². The molecular weight excluding hydrogens is 473 g/mol. The van der Waals surface area contributed by atoms with Crippen molar-refractivity contribution < 1.29 is 9.47 Å². The van der Waals surface area contributed by atoms with Gasteiger partial charge in [0.25, 0.3) is 0 Å². The number of benzene rings is 2. The molecule has 2 aromatic carbocycles. The zero-order chi connectivity index (χ0) is 28.0. The van der Waals surface area contributed by atoms with Crippen molar-refractivity contribution in [3.8, 4) is 5.75 Å². The Hall–Kier alpha value is -1.41. The maximum absolute atomic E-state index is 6.31. The highest BCUT2D eigenvalue weighted by molar-refractivity contribution is 7.48. The van der Waals surface area contributed by atoms with Crippen LogP contribution in [0.15, 0.2) is 30.3 Å². The van der Waals surface area contributed by atoms with Crippen LogP contribution < -0.4 is 10.0 Å². The minimum absolute atomic E-state index is 0.0353. The Bertz CT molecular complexity index is 1000. The standard InChI is InChI=1S/C33H54NO2P/c1-13-14-18-33(11,29-20-28(32(8,9)10)19-26(7)30(29)36-22-35-12)37-31-25(6)16-15-17-27(31)21-34(23(2)3)24(4)5/h15-17,19-20,23-24,37H,13-14,18,21-22H2,1-12H3. The fraction of sp³-hybridized carbons (Fsp3) is 0.636. The fourth-order valence-electron chi connectivity index (χ4n) is 5.19. The third-order valence-electron chi connectivity index (χ3n) is 7.53. The molecule has 0 N–H and O–H groups in total. The highest BCUT2D eigenvalue weighted by atomic mass is 31.1. The van der Waals surface area contributed by atoms with Crippen LogP contribution in [-0.4, -0.2) is 30.9 Å². The highest BCUT2D eigenvalue weighted by Gasteiger charge is 2.34. The van der Waals surface area contributed by atoms with Crippen molar-refractivity contribution in [3.63, 3.8) is 0 Å². The van der Waals surface area contributed by atoms with Crippen molar-refractivity contribution in [3.05, 3.63) is 58.1 Å². The minimum atomic E-state index is -0.0353. The lowest BCUT2D eigenvalue weighted by Crippen LogP contribution is -2.37. The summed E-state index contributed by atoms with van der Waals surface area (Å²) in [5.74, 6) is 1.00. The lowest BCUT2D eigenvalue weighted by molar-refractivity contribution is 0.0494. The van der Waals surface area contributed by atoms with E-state index in [1.807, 2.05) is 0 Å². The molecule has 0 fully saturated rings. The van der Waals surface area contributed by atoms with E-state index >= 15 is 0 Å². The van der Waals surface area contributed by atoms with Crippen LogP contribution in [0.1, 0.15) is 109 Å². The molecule has 3 nitrogen and oxygen atoms in total. The summed E-state index contributed by atoms with van der Waals surface area (Å²) in [4.78, 5) is 2.60. The first-order chi connectivity index (χ1) is 17.2. The molecule has 0 aliphatic rings. The Labute approximate surface area is 230 Å². The third-order valence-corrected chi connectivity index (χ3v) is 9.56. The number of unbranched alkanes of at least 4 members (excludes halogenated alkanes) is 1. The van der Waals surface area contributed by atoms with Gasteiger partial charge in [-0.05, 0) is 80.9 Å². The largest absolute Gasteiger partial charge is 0.467 e. The van der Waals surface area contributed by atoms with Crippen LogP contribution in [0, 0.1) is 13.8 Å². The van der Waals surface area contributed by atoms with Crippen LogP contribution in [-0.2, 0) is 21.9 Å². The van der Waals surface area contributed by atoms with Crippen molar-refractivity contribution in [1.82, 2.24) is 4.90 Å². The van der Waals surface area contributed by atoms with Gasteiger partial charge in [0.2, 0.25) is 0 Å². The molecule has 0 aliphatic carbocycles. The molecule has 0 aliphatic heterocycles. The molecule has 0 heterocycles. The minimum Gasteiger partial charge on any atom is -0.467 e. The molecule has 208 valence electrons. The molecule has 2 atom stereocenters. The van der Waals surface area contributed by atoms with E-state index < -0.39 is 0 Å². The molecule has 0 amide bonds. The molecule has 0 bridgehead atoms. The van der Waals surface area contributed by atoms with E-state index in [9.17, 15) is 0 Å². The van der Waals surface area contributed by atoms with E-state index in [1.165, 1.54) is 46.0 Å². The normalized spacial score (nSPS) is 14.4. The van der Waals surface area contributed by atoms with Gasteiger partial charge in [-0.25, -0.2) is 0 Å². The second kappa shape index (κ2) is 13.6. The lowest BCUT2D eigenvalue weighted by atomic mass is 9.82. The molecule has 0 spiro atoms. The maximum atomic E-state index is 6.31. The smallest absolute Gasteiger partial charge is 0.188 e. The van der Waals surface area contributed by atoms with Crippen LogP contribution in [0.4, 0.5) is 0 Å². The zero-order valence-electron chi connectivity index (χ0n) is 25.8. The van der Waals surface area contributed by atoms with Crippen LogP contribution in [0.25, 0.3) is 0 Å². The number of ether oxygens (including phenoxy) is 2. The Morgan fingerprint density at radius 2 is 1.59 bits per heavy atom. The molecule has 4 heteroatoms. The second-order valence-corrected chi connectivity index (χ2v) is 14.4. The number of aryl methyl sites for hydroxylation is 2. The molecule has 2 aromatic rings. The first-order valence-corrected chi connectivity index (χ1v) is 15.1. The molecule has 2 unspecified atom stereocenters. The van der Waals surface area contributed by atoms with Crippen molar-refractivity contribution in [2.45, 2.75) is 125 Å². The second-order valence-electron chi connectivity index (χ2n) is 12.5. The van der Waals surface area contributed by atoms with Crippen LogP contribution in [0.5, 0.6) is 5.75 Å². The molecule has 37 heavy (non-hydrogen) atoms. The number of hydrogen-bond donors (Lipinski definition) is 0. The van der Waals surface area contributed by atoms with Gasteiger partial charge in [-0.1, -0.05) is 86.4 Å². The van der Waals surface area contributed by atoms with Gasteiger partial charge in [-0.2, -0.15) is 0 Å². The van der Waals surface area contributed by atoms with Crippen LogP contribution in [0.3, 0.4) is 0 Å². The van der Waals surface area contributed by atoms with Gasteiger partial charge in [0.1, 0.15) is 5.75 Å². The predicted molar refractivity (Wildman–Crippen MR) is 164 cm³/mol. The zero-order valence-corrected chi connectivity index (χ0v) is 26.8. The summed E-state index contributed by atoms with van der Waals surface area (Å²) < 4.78 is 11.7. The van der Waals surface area contributed by atoms with Gasteiger partial charge < -0.3 is 9.47 Å². The van der Waals surface area contributed by atoms with Gasteiger partial charge in [0.15, 0.2) is 6.79 Å². The summed E-state index contributed by atoms with van der Waals surface area (Å²) in [7, 11) is 2.35. The fourth-order valence-corrected chi connectivity index (χ4v) is 6.97. The van der Waals surface area contributed by atoms with Gasteiger partial charge >= 0.3 is 0 Å². The summed E-state index contributed by atoms with van der Waals surface area (Å²) in [6.07, 6.45) is 3.50. The Morgan fingerprint density at radius 1 is 0.946 bits per heavy atom. The van der Waals surface area contributed by atoms with E-state index in [4.69, 9.17) is 9.47 Å². The number of hydrogen-bond acceptors (Lipinski definition) is 3. The number of nitrogens with zero attached hydrogens (tertiary/aromatic N) is 1. The number of methoxy groups -OCH3 is 1. The van der Waals surface area contributed by atoms with Crippen LogP contribution in [0.2, 0.25) is 0 Å². The predicted octanol–water partition coefficient (Wildman–Crippen LogP) is 8.61. The van der Waals surface area contributed by atoms with E-state index in [0.717, 1.165) is 18.7 Å². The van der Waals surface area contributed by atoms with Gasteiger partial charge in [-0.3, -0.25) is 4.90 Å². The van der Waals surface area contributed by atoms with Crippen molar-refractivity contribution in [2.24, 2.45) is 0 Å². The molecule has 0 aromatic heterocycles. The quantitative estimate of drug-likeness (QED) is 0.192. The summed E-state index contributed by atoms with van der Waals surface area (Å²) in [5, 5.41) is 1.48. The maximum Gasteiger partial charge on any atom is 0.188 e. The summed E-state index contributed by atoms with van der Waals surface area (Å²) in [5.41, 5.74) is 6.83. The van der Waals surface area contributed by atoms with E-state index in [1.54, 1.807) is 7.11 Å². The van der Waals surface area contributed by atoms with Crippen molar-refractivity contribution in [2.75, 3.05) is 13.9 Å². The topological polar surface area (TPSA) is 21.7 Å². The molecule has 0 saturated carbocycles. The summed E-state index contributed by atoms with van der Waals surface area (Å²) in [6, 6.07) is 12.6. The Morgan fingerprint density at radius 3 is 2.14 bits per heavy atom.